The second-order valence-electron chi connectivity index (χ2n) is 7.62. The van der Waals surface area contributed by atoms with Crippen LogP contribution in [0.5, 0.6) is 0 Å². The lowest BCUT2D eigenvalue weighted by atomic mass is 10.0. The number of hydrogen-bond acceptors (Lipinski definition) is 5. The van der Waals surface area contributed by atoms with Crippen LogP contribution in [0.3, 0.4) is 0 Å². The van der Waals surface area contributed by atoms with Gasteiger partial charge in [-0.25, -0.2) is 4.79 Å². The van der Waals surface area contributed by atoms with Crippen molar-refractivity contribution >= 4 is 35.2 Å². The van der Waals surface area contributed by atoms with Crippen molar-refractivity contribution in [2.45, 2.75) is 39.3 Å². The third kappa shape index (κ3) is 4.28. The number of Topliss-reactive ketones (excluding diaryl/α,β-unsaturated/α-hetero) is 1. The summed E-state index contributed by atoms with van der Waals surface area (Å²) >= 11 is 5.93. The van der Waals surface area contributed by atoms with E-state index in [1.165, 1.54) is 13.0 Å². The molecule has 6 nitrogen and oxygen atoms in total. The van der Waals surface area contributed by atoms with Crippen LogP contribution < -0.4 is 0 Å². The van der Waals surface area contributed by atoms with Gasteiger partial charge in [0.25, 0.3) is 11.8 Å². The van der Waals surface area contributed by atoms with E-state index in [1.807, 2.05) is 13.8 Å². The molecule has 1 aliphatic heterocycles. The molecule has 1 aliphatic rings. The van der Waals surface area contributed by atoms with Gasteiger partial charge in [0.05, 0.1) is 11.1 Å². The number of hydrogen-bond donors (Lipinski definition) is 0. The highest BCUT2D eigenvalue weighted by Gasteiger charge is 2.44. The Morgan fingerprint density at radius 3 is 2.10 bits per heavy atom. The molecule has 0 radical (unpaired) electrons. The number of rotatable bonds is 7. The number of ketones is 1. The van der Waals surface area contributed by atoms with Crippen molar-refractivity contribution in [3.63, 3.8) is 0 Å². The van der Waals surface area contributed by atoms with Crippen LogP contribution in [0.2, 0.25) is 5.02 Å². The fraction of sp³-hybridized carbons (Fsp3) is 0.304. The maximum atomic E-state index is 13.0. The van der Waals surface area contributed by atoms with Gasteiger partial charge in [-0.15, -0.1) is 0 Å². The standard InChI is InChI=1S/C23H22ClNO5/c1-13(2)11-19(25-21(27)17-9-4-5-10-18(17)22(25)28)23(29)30-14(3)20(26)15-7-6-8-16(24)12-15/h4-10,12-14,19H,11H2,1-3H3. The summed E-state index contributed by atoms with van der Waals surface area (Å²) in [5, 5.41) is 0.392. The summed E-state index contributed by atoms with van der Waals surface area (Å²) in [5.41, 5.74) is 0.822. The molecule has 0 saturated heterocycles. The molecule has 7 heteroatoms. The minimum absolute atomic E-state index is 0.00537. The van der Waals surface area contributed by atoms with Crippen molar-refractivity contribution in [3.05, 3.63) is 70.2 Å². The first-order valence-electron chi connectivity index (χ1n) is 9.68. The number of fused-ring (bicyclic) bond motifs is 1. The lowest BCUT2D eigenvalue weighted by Crippen LogP contribution is -2.47. The van der Waals surface area contributed by atoms with Gasteiger partial charge in [-0.2, -0.15) is 0 Å². The Bertz CT molecular complexity index is 981. The normalized spacial score (nSPS) is 15.2. The number of carbonyl (C=O) groups is 4. The maximum absolute atomic E-state index is 13.0. The van der Waals surface area contributed by atoms with Gasteiger partial charge < -0.3 is 4.74 Å². The molecule has 2 unspecified atom stereocenters. The van der Waals surface area contributed by atoms with E-state index in [-0.39, 0.29) is 23.5 Å². The molecular weight excluding hydrogens is 406 g/mol. The Labute approximate surface area is 179 Å². The van der Waals surface area contributed by atoms with E-state index in [1.54, 1.807) is 42.5 Å². The molecule has 2 amide bonds. The molecule has 0 aromatic heterocycles. The van der Waals surface area contributed by atoms with E-state index in [9.17, 15) is 19.2 Å². The molecule has 0 saturated carbocycles. The predicted molar refractivity (Wildman–Crippen MR) is 112 cm³/mol. The summed E-state index contributed by atoms with van der Waals surface area (Å²) in [6.07, 6.45) is -0.872. The van der Waals surface area contributed by atoms with Gasteiger partial charge >= 0.3 is 5.97 Å². The van der Waals surface area contributed by atoms with Crippen molar-refractivity contribution in [2.24, 2.45) is 5.92 Å². The molecule has 2 aromatic rings. The number of esters is 1. The molecule has 3 rings (SSSR count). The number of halogens is 1. The number of ether oxygens (including phenoxy) is 1. The van der Waals surface area contributed by atoms with Crippen LogP contribution in [-0.2, 0) is 9.53 Å². The van der Waals surface area contributed by atoms with E-state index in [0.717, 1.165) is 4.90 Å². The summed E-state index contributed by atoms with van der Waals surface area (Å²) in [6, 6.07) is 11.6. The SMILES string of the molecule is CC(C)CC(C(=O)OC(C)C(=O)c1cccc(Cl)c1)N1C(=O)c2ccccc2C1=O. The molecule has 0 aliphatic carbocycles. The quantitative estimate of drug-likeness (QED) is 0.376. The zero-order valence-electron chi connectivity index (χ0n) is 16.9. The highest BCUT2D eigenvalue weighted by atomic mass is 35.5. The predicted octanol–water partition coefficient (Wildman–Crippen LogP) is 4.17. The van der Waals surface area contributed by atoms with Gasteiger partial charge in [0.15, 0.2) is 6.10 Å². The van der Waals surface area contributed by atoms with Gasteiger partial charge in [-0.05, 0) is 43.5 Å². The largest absolute Gasteiger partial charge is 0.453 e. The third-order valence-corrected chi connectivity index (χ3v) is 5.11. The van der Waals surface area contributed by atoms with Crippen molar-refractivity contribution in [1.82, 2.24) is 4.90 Å². The van der Waals surface area contributed by atoms with Crippen molar-refractivity contribution < 1.29 is 23.9 Å². The monoisotopic (exact) mass is 427 g/mol. The van der Waals surface area contributed by atoms with Crippen LogP contribution in [0.1, 0.15) is 58.3 Å². The fourth-order valence-electron chi connectivity index (χ4n) is 3.43. The van der Waals surface area contributed by atoms with Crippen LogP contribution >= 0.6 is 11.6 Å². The van der Waals surface area contributed by atoms with Crippen LogP contribution in [0.15, 0.2) is 48.5 Å². The van der Waals surface area contributed by atoms with E-state index < -0.39 is 35.7 Å². The molecule has 0 bridgehead atoms. The van der Waals surface area contributed by atoms with E-state index in [4.69, 9.17) is 16.3 Å². The molecule has 1 heterocycles. The van der Waals surface area contributed by atoms with Gasteiger partial charge in [0, 0.05) is 10.6 Å². The molecule has 156 valence electrons. The smallest absolute Gasteiger partial charge is 0.330 e. The van der Waals surface area contributed by atoms with Crippen molar-refractivity contribution in [1.29, 1.82) is 0 Å². The lowest BCUT2D eigenvalue weighted by Gasteiger charge is -2.27. The molecule has 0 spiro atoms. The van der Waals surface area contributed by atoms with Crippen molar-refractivity contribution in [2.75, 3.05) is 0 Å². The Morgan fingerprint density at radius 2 is 1.57 bits per heavy atom. The lowest BCUT2D eigenvalue weighted by molar-refractivity contribution is -0.151. The van der Waals surface area contributed by atoms with Gasteiger partial charge in [-0.3, -0.25) is 19.3 Å². The molecule has 0 N–H and O–H groups in total. The number of nitrogens with zero attached hydrogens (tertiary/aromatic N) is 1. The number of benzene rings is 2. The second-order valence-corrected chi connectivity index (χ2v) is 8.06. The van der Waals surface area contributed by atoms with Gasteiger partial charge in [-0.1, -0.05) is 49.7 Å². The number of amides is 2. The summed E-state index contributed by atoms with van der Waals surface area (Å²) in [7, 11) is 0. The van der Waals surface area contributed by atoms with Crippen molar-refractivity contribution in [3.8, 4) is 0 Å². The zero-order chi connectivity index (χ0) is 22.0. The van der Waals surface area contributed by atoms with E-state index >= 15 is 0 Å². The van der Waals surface area contributed by atoms with Crippen LogP contribution in [0.25, 0.3) is 0 Å². The summed E-state index contributed by atoms with van der Waals surface area (Å²) < 4.78 is 5.40. The Balaban J connectivity index is 1.82. The minimum atomic E-state index is -1.12. The average Bonchev–Trinajstić information content (AvgIpc) is 2.96. The zero-order valence-corrected chi connectivity index (χ0v) is 17.7. The second kappa shape index (κ2) is 8.79. The Kier molecular flexibility index (Phi) is 6.37. The summed E-state index contributed by atoms with van der Waals surface area (Å²) in [5.74, 6) is -2.28. The van der Waals surface area contributed by atoms with Gasteiger partial charge in [0.1, 0.15) is 6.04 Å². The third-order valence-electron chi connectivity index (χ3n) is 4.88. The summed E-state index contributed by atoms with van der Waals surface area (Å²) in [6.45, 7) is 5.20. The van der Waals surface area contributed by atoms with Crippen LogP contribution in [0.4, 0.5) is 0 Å². The van der Waals surface area contributed by atoms with Gasteiger partial charge in [0.2, 0.25) is 5.78 Å². The first kappa shape index (κ1) is 21.7. The van der Waals surface area contributed by atoms with E-state index in [2.05, 4.69) is 0 Å². The first-order chi connectivity index (χ1) is 14.2. The highest BCUT2D eigenvalue weighted by molar-refractivity contribution is 6.31. The molecule has 30 heavy (non-hydrogen) atoms. The number of carbonyl (C=O) groups excluding carboxylic acids is 4. The molecule has 2 atom stereocenters. The molecular formula is C23H22ClNO5. The highest BCUT2D eigenvalue weighted by Crippen LogP contribution is 2.28. The van der Waals surface area contributed by atoms with Crippen LogP contribution in [-0.4, -0.2) is 40.6 Å². The minimum Gasteiger partial charge on any atom is -0.453 e. The Morgan fingerprint density at radius 1 is 0.967 bits per heavy atom. The maximum Gasteiger partial charge on any atom is 0.330 e. The number of imide groups is 1. The van der Waals surface area contributed by atoms with E-state index in [0.29, 0.717) is 10.6 Å². The molecule has 2 aromatic carbocycles. The fourth-order valence-corrected chi connectivity index (χ4v) is 3.62. The average molecular weight is 428 g/mol. The van der Waals surface area contributed by atoms with Crippen LogP contribution in [0, 0.1) is 5.92 Å². The first-order valence-corrected chi connectivity index (χ1v) is 10.1. The Hall–Kier alpha value is -2.99. The summed E-state index contributed by atoms with van der Waals surface area (Å²) in [4.78, 5) is 52.2. The topological polar surface area (TPSA) is 80.8 Å². The molecule has 0 fully saturated rings.